The smallest absolute Gasteiger partial charge is 0.194 e. The Morgan fingerprint density at radius 3 is 2.13 bits per heavy atom. The normalized spacial score (nSPS) is 12.9. The van der Waals surface area contributed by atoms with Crippen LogP contribution in [0.2, 0.25) is 0 Å². The van der Waals surface area contributed by atoms with Crippen LogP contribution in [0.4, 0.5) is 13.2 Å². The number of nitrogens with one attached hydrogen (secondary N) is 1. The Morgan fingerprint density at radius 2 is 1.73 bits per heavy atom. The van der Waals surface area contributed by atoms with Crippen LogP contribution in [0.15, 0.2) is 12.1 Å². The van der Waals surface area contributed by atoms with Crippen LogP contribution in [0.25, 0.3) is 0 Å². The van der Waals surface area contributed by atoms with Crippen molar-refractivity contribution in [3.63, 3.8) is 0 Å². The van der Waals surface area contributed by atoms with Gasteiger partial charge in [0.25, 0.3) is 0 Å². The summed E-state index contributed by atoms with van der Waals surface area (Å²) in [6.45, 7) is 1.97. The lowest BCUT2D eigenvalue weighted by Crippen LogP contribution is -2.16. The summed E-state index contributed by atoms with van der Waals surface area (Å²) in [6.07, 6.45) is 1.63. The SMILES string of the molecule is CCCC(NC)c1cc(F)c(F)c(F)c1. The van der Waals surface area contributed by atoms with Crippen molar-refractivity contribution in [1.29, 1.82) is 0 Å². The Hall–Kier alpha value is -1.03. The third-order valence-electron chi connectivity index (χ3n) is 2.33. The number of hydrogen-bond acceptors (Lipinski definition) is 1. The Labute approximate surface area is 87.3 Å². The summed E-state index contributed by atoms with van der Waals surface area (Å²) in [6, 6.07) is 1.93. The minimum Gasteiger partial charge on any atom is -0.313 e. The molecule has 0 saturated carbocycles. The van der Waals surface area contributed by atoms with Gasteiger partial charge in [0.05, 0.1) is 0 Å². The van der Waals surface area contributed by atoms with E-state index >= 15 is 0 Å². The van der Waals surface area contributed by atoms with Crippen molar-refractivity contribution in [2.24, 2.45) is 0 Å². The second-order valence-corrected chi connectivity index (χ2v) is 3.43. The lowest BCUT2D eigenvalue weighted by Gasteiger charge is -2.15. The minimum absolute atomic E-state index is 0.139. The van der Waals surface area contributed by atoms with Crippen LogP contribution in [0.3, 0.4) is 0 Å². The fourth-order valence-electron chi connectivity index (χ4n) is 1.54. The van der Waals surface area contributed by atoms with E-state index in [1.54, 1.807) is 7.05 Å². The molecule has 1 nitrogen and oxygen atoms in total. The summed E-state index contributed by atoms with van der Waals surface area (Å²) in [5, 5.41) is 2.94. The third kappa shape index (κ3) is 2.72. The first-order chi connectivity index (χ1) is 7.10. The second kappa shape index (κ2) is 5.16. The molecule has 0 aliphatic heterocycles. The summed E-state index contributed by atoms with van der Waals surface area (Å²) >= 11 is 0. The highest BCUT2D eigenvalue weighted by Crippen LogP contribution is 2.22. The fraction of sp³-hybridized carbons (Fsp3) is 0.455. The predicted molar refractivity (Wildman–Crippen MR) is 53.0 cm³/mol. The van der Waals surface area contributed by atoms with Crippen LogP contribution in [0.5, 0.6) is 0 Å². The average molecular weight is 217 g/mol. The van der Waals surface area contributed by atoms with Crippen LogP contribution in [-0.2, 0) is 0 Å². The number of benzene rings is 1. The second-order valence-electron chi connectivity index (χ2n) is 3.43. The van der Waals surface area contributed by atoms with E-state index in [1.807, 2.05) is 6.92 Å². The van der Waals surface area contributed by atoms with E-state index in [2.05, 4.69) is 5.32 Å². The number of hydrogen-bond donors (Lipinski definition) is 1. The fourth-order valence-corrected chi connectivity index (χ4v) is 1.54. The summed E-state index contributed by atoms with van der Waals surface area (Å²) < 4.78 is 38.6. The van der Waals surface area contributed by atoms with Crippen molar-refractivity contribution in [1.82, 2.24) is 5.32 Å². The van der Waals surface area contributed by atoms with Gasteiger partial charge in [-0.25, -0.2) is 13.2 Å². The first-order valence-corrected chi connectivity index (χ1v) is 4.91. The molecule has 1 rings (SSSR count). The molecule has 15 heavy (non-hydrogen) atoms. The molecular weight excluding hydrogens is 203 g/mol. The van der Waals surface area contributed by atoms with Crippen molar-refractivity contribution < 1.29 is 13.2 Å². The van der Waals surface area contributed by atoms with E-state index < -0.39 is 17.5 Å². The van der Waals surface area contributed by atoms with E-state index in [4.69, 9.17) is 0 Å². The van der Waals surface area contributed by atoms with Gasteiger partial charge in [0.1, 0.15) is 0 Å². The first-order valence-electron chi connectivity index (χ1n) is 4.91. The highest BCUT2D eigenvalue weighted by Gasteiger charge is 2.15. The van der Waals surface area contributed by atoms with Gasteiger partial charge >= 0.3 is 0 Å². The molecular formula is C11H14F3N. The Bertz CT molecular complexity index is 316. The van der Waals surface area contributed by atoms with E-state index in [0.717, 1.165) is 25.0 Å². The van der Waals surface area contributed by atoms with Crippen LogP contribution < -0.4 is 5.32 Å². The van der Waals surface area contributed by atoms with Crippen LogP contribution in [-0.4, -0.2) is 7.05 Å². The quantitative estimate of drug-likeness (QED) is 0.764. The molecule has 1 aromatic carbocycles. The summed E-state index contributed by atoms with van der Waals surface area (Å²) in [7, 11) is 1.71. The molecule has 0 aliphatic rings. The monoisotopic (exact) mass is 217 g/mol. The van der Waals surface area contributed by atoms with Crippen LogP contribution >= 0.6 is 0 Å². The molecule has 1 aromatic rings. The maximum absolute atomic E-state index is 12.9. The van der Waals surface area contributed by atoms with E-state index in [0.29, 0.717) is 5.56 Å². The van der Waals surface area contributed by atoms with Gasteiger partial charge in [0.15, 0.2) is 17.5 Å². The van der Waals surface area contributed by atoms with Crippen molar-refractivity contribution in [3.8, 4) is 0 Å². The molecule has 0 aliphatic carbocycles. The molecule has 1 unspecified atom stereocenters. The Morgan fingerprint density at radius 1 is 1.20 bits per heavy atom. The standard InChI is InChI=1S/C11H14F3N/c1-3-4-10(15-2)7-5-8(12)11(14)9(13)6-7/h5-6,10,15H,3-4H2,1-2H3. The molecule has 1 atom stereocenters. The van der Waals surface area contributed by atoms with Gasteiger partial charge in [-0.3, -0.25) is 0 Å². The van der Waals surface area contributed by atoms with Gasteiger partial charge in [0.2, 0.25) is 0 Å². The van der Waals surface area contributed by atoms with Gasteiger partial charge < -0.3 is 5.32 Å². The lowest BCUT2D eigenvalue weighted by molar-refractivity contribution is 0.439. The molecule has 0 amide bonds. The zero-order valence-corrected chi connectivity index (χ0v) is 8.78. The Kier molecular flexibility index (Phi) is 4.15. The molecule has 0 saturated heterocycles. The summed E-state index contributed by atoms with van der Waals surface area (Å²) in [5.74, 6) is -3.69. The minimum atomic E-state index is -1.41. The zero-order chi connectivity index (χ0) is 11.4. The maximum Gasteiger partial charge on any atom is 0.194 e. The average Bonchev–Trinajstić information content (AvgIpc) is 2.22. The van der Waals surface area contributed by atoms with Crippen LogP contribution in [0, 0.1) is 17.5 Å². The van der Waals surface area contributed by atoms with Crippen molar-refractivity contribution >= 4 is 0 Å². The molecule has 4 heteroatoms. The van der Waals surface area contributed by atoms with Crippen molar-refractivity contribution in [2.75, 3.05) is 7.05 Å². The molecule has 0 aromatic heterocycles. The van der Waals surface area contributed by atoms with E-state index in [9.17, 15) is 13.2 Å². The number of rotatable bonds is 4. The molecule has 0 heterocycles. The molecule has 0 spiro atoms. The molecule has 0 radical (unpaired) electrons. The van der Waals surface area contributed by atoms with E-state index in [-0.39, 0.29) is 6.04 Å². The zero-order valence-electron chi connectivity index (χ0n) is 8.78. The van der Waals surface area contributed by atoms with Crippen molar-refractivity contribution in [2.45, 2.75) is 25.8 Å². The topological polar surface area (TPSA) is 12.0 Å². The van der Waals surface area contributed by atoms with Gasteiger partial charge in [-0.1, -0.05) is 13.3 Å². The van der Waals surface area contributed by atoms with Crippen LogP contribution in [0.1, 0.15) is 31.4 Å². The van der Waals surface area contributed by atoms with Gasteiger partial charge in [-0.2, -0.15) is 0 Å². The van der Waals surface area contributed by atoms with E-state index in [1.165, 1.54) is 0 Å². The maximum atomic E-state index is 12.9. The highest BCUT2D eigenvalue weighted by atomic mass is 19.2. The largest absolute Gasteiger partial charge is 0.313 e. The first kappa shape index (κ1) is 12.0. The Balaban J connectivity index is 3.03. The number of halogens is 3. The van der Waals surface area contributed by atoms with Crippen molar-refractivity contribution in [3.05, 3.63) is 35.1 Å². The highest BCUT2D eigenvalue weighted by molar-refractivity contribution is 5.22. The molecule has 0 fully saturated rings. The summed E-state index contributed by atoms with van der Waals surface area (Å²) in [5.41, 5.74) is 0.441. The van der Waals surface area contributed by atoms with Gasteiger partial charge in [-0.15, -0.1) is 0 Å². The lowest BCUT2D eigenvalue weighted by atomic mass is 10.0. The van der Waals surface area contributed by atoms with Gasteiger partial charge in [0, 0.05) is 6.04 Å². The summed E-state index contributed by atoms with van der Waals surface area (Å²) in [4.78, 5) is 0. The third-order valence-corrected chi connectivity index (χ3v) is 2.33. The van der Waals surface area contributed by atoms with Gasteiger partial charge in [-0.05, 0) is 31.2 Å². The molecule has 84 valence electrons. The predicted octanol–water partition coefficient (Wildman–Crippen LogP) is 3.16. The molecule has 1 N–H and O–H groups in total. The molecule has 0 bridgehead atoms.